The third-order valence-corrected chi connectivity index (χ3v) is 6.15. The van der Waals surface area contributed by atoms with E-state index in [9.17, 15) is 14.7 Å². The molecule has 0 saturated carbocycles. The first-order valence-corrected chi connectivity index (χ1v) is 12.7. The van der Waals surface area contributed by atoms with Crippen molar-refractivity contribution in [1.29, 1.82) is 0 Å². The van der Waals surface area contributed by atoms with Crippen molar-refractivity contribution in [3.63, 3.8) is 0 Å². The van der Waals surface area contributed by atoms with Gasteiger partial charge in [0.05, 0.1) is 23.7 Å². The molecule has 0 aliphatic heterocycles. The predicted molar refractivity (Wildman–Crippen MR) is 153 cm³/mol. The summed E-state index contributed by atoms with van der Waals surface area (Å²) in [6.07, 6.45) is -0.652. The Balaban J connectivity index is 1.38. The number of ether oxygens (including phenoxy) is 1. The van der Waals surface area contributed by atoms with Gasteiger partial charge in [-0.3, -0.25) is 4.79 Å². The molecule has 0 atom stereocenters. The Bertz CT molecular complexity index is 1670. The fourth-order valence-electron chi connectivity index (χ4n) is 4.43. The number of fused-ring (bicyclic) bond motifs is 3. The van der Waals surface area contributed by atoms with Crippen molar-refractivity contribution in [2.45, 2.75) is 33.0 Å². The SMILES string of the molecule is CC(C)(C)OC(=O)NCC(=O)Nc1ccc(-n2nc(CO)cc2-c2ccc3ccc4ccccc4c3c2)cc1. The van der Waals surface area contributed by atoms with E-state index >= 15 is 0 Å². The number of nitrogens with zero attached hydrogens (tertiary/aromatic N) is 2. The van der Waals surface area contributed by atoms with Crippen LogP contribution in [0.1, 0.15) is 26.5 Å². The molecule has 0 aliphatic rings. The van der Waals surface area contributed by atoms with Crippen LogP contribution in [0.4, 0.5) is 10.5 Å². The molecule has 5 aromatic rings. The maximum Gasteiger partial charge on any atom is 0.408 e. The second kappa shape index (κ2) is 10.6. The first-order valence-electron chi connectivity index (χ1n) is 12.7. The summed E-state index contributed by atoms with van der Waals surface area (Å²) < 4.78 is 6.93. The lowest BCUT2D eigenvalue weighted by molar-refractivity contribution is -0.115. The summed E-state index contributed by atoms with van der Waals surface area (Å²) in [5, 5.41) is 24.3. The Labute approximate surface area is 226 Å². The standard InChI is InChI=1S/C31H30N4O4/c1-31(2,3)39-30(38)32-18-29(37)33-23-12-14-25(15-13-23)35-28(17-24(19-36)34-35)22-11-10-21-9-8-20-6-4-5-7-26(20)27(21)16-22/h4-17,36H,18-19H2,1-3H3,(H,32,38)(H,33,37). The fourth-order valence-corrected chi connectivity index (χ4v) is 4.43. The number of aliphatic hydroxyl groups is 1. The number of hydrogen-bond donors (Lipinski definition) is 3. The van der Waals surface area contributed by atoms with E-state index in [0.29, 0.717) is 11.4 Å². The molecule has 0 spiro atoms. The van der Waals surface area contributed by atoms with Crippen LogP contribution in [-0.4, -0.2) is 39.0 Å². The van der Waals surface area contributed by atoms with Crippen LogP contribution in [0.3, 0.4) is 0 Å². The molecule has 8 heteroatoms. The Morgan fingerprint density at radius 1 is 0.897 bits per heavy atom. The number of hydrogen-bond acceptors (Lipinski definition) is 5. The highest BCUT2D eigenvalue weighted by Gasteiger charge is 2.17. The summed E-state index contributed by atoms with van der Waals surface area (Å²) in [5.41, 5.74) is 3.06. The molecular weight excluding hydrogens is 492 g/mol. The van der Waals surface area contributed by atoms with E-state index in [4.69, 9.17) is 4.74 Å². The van der Waals surface area contributed by atoms with E-state index in [1.54, 1.807) is 37.6 Å². The van der Waals surface area contributed by atoms with E-state index in [1.807, 2.05) is 30.3 Å². The number of carbonyl (C=O) groups excluding carboxylic acids is 2. The van der Waals surface area contributed by atoms with Crippen molar-refractivity contribution in [3.05, 3.63) is 90.6 Å². The van der Waals surface area contributed by atoms with Crippen LogP contribution in [0, 0.1) is 0 Å². The normalized spacial score (nSPS) is 11.5. The molecule has 198 valence electrons. The number of alkyl carbamates (subject to hydrolysis) is 1. The highest BCUT2D eigenvalue weighted by atomic mass is 16.6. The lowest BCUT2D eigenvalue weighted by atomic mass is 9.99. The highest BCUT2D eigenvalue weighted by Crippen LogP contribution is 2.31. The minimum absolute atomic E-state index is 0.185. The van der Waals surface area contributed by atoms with Gasteiger partial charge < -0.3 is 20.5 Å². The minimum atomic E-state index is -0.652. The largest absolute Gasteiger partial charge is 0.444 e. The van der Waals surface area contributed by atoms with E-state index in [1.165, 1.54) is 10.8 Å². The third-order valence-electron chi connectivity index (χ3n) is 6.15. The minimum Gasteiger partial charge on any atom is -0.444 e. The summed E-state index contributed by atoms with van der Waals surface area (Å²) in [5.74, 6) is -0.376. The summed E-state index contributed by atoms with van der Waals surface area (Å²) in [4.78, 5) is 24.1. The number of aromatic nitrogens is 2. The first-order chi connectivity index (χ1) is 18.7. The number of benzene rings is 4. The zero-order valence-electron chi connectivity index (χ0n) is 22.1. The number of amides is 2. The number of anilines is 1. The van der Waals surface area contributed by atoms with Crippen molar-refractivity contribution in [2.75, 3.05) is 11.9 Å². The van der Waals surface area contributed by atoms with Gasteiger partial charge in [-0.25, -0.2) is 9.48 Å². The van der Waals surface area contributed by atoms with Gasteiger partial charge in [0.2, 0.25) is 5.91 Å². The van der Waals surface area contributed by atoms with Crippen LogP contribution in [0.15, 0.2) is 84.9 Å². The molecule has 4 aromatic carbocycles. The molecule has 8 nitrogen and oxygen atoms in total. The smallest absolute Gasteiger partial charge is 0.408 e. The lowest BCUT2D eigenvalue weighted by Crippen LogP contribution is -2.37. The Kier molecular flexibility index (Phi) is 7.04. The first kappa shape index (κ1) is 25.9. The molecule has 5 rings (SSSR count). The monoisotopic (exact) mass is 522 g/mol. The van der Waals surface area contributed by atoms with Gasteiger partial charge in [-0.15, -0.1) is 0 Å². The van der Waals surface area contributed by atoms with Crippen molar-refractivity contribution in [1.82, 2.24) is 15.1 Å². The molecule has 0 saturated heterocycles. The molecule has 0 fully saturated rings. The van der Waals surface area contributed by atoms with Gasteiger partial charge in [0.25, 0.3) is 0 Å². The van der Waals surface area contributed by atoms with Crippen molar-refractivity contribution >= 4 is 39.2 Å². The molecule has 39 heavy (non-hydrogen) atoms. The van der Waals surface area contributed by atoms with Crippen LogP contribution in [0.5, 0.6) is 0 Å². The van der Waals surface area contributed by atoms with E-state index < -0.39 is 11.7 Å². The van der Waals surface area contributed by atoms with Crippen molar-refractivity contribution < 1.29 is 19.4 Å². The fraction of sp³-hybridized carbons (Fsp3) is 0.194. The second-order valence-electron chi connectivity index (χ2n) is 10.3. The predicted octanol–water partition coefficient (Wildman–Crippen LogP) is 5.80. The van der Waals surface area contributed by atoms with Gasteiger partial charge in [-0.05, 0) is 78.7 Å². The van der Waals surface area contributed by atoms with Crippen LogP contribution < -0.4 is 10.6 Å². The average Bonchev–Trinajstić information content (AvgIpc) is 3.36. The Morgan fingerprint density at radius 2 is 1.59 bits per heavy atom. The molecule has 3 N–H and O–H groups in total. The van der Waals surface area contributed by atoms with Crippen molar-refractivity contribution in [3.8, 4) is 16.9 Å². The summed E-state index contributed by atoms with van der Waals surface area (Å²) in [6, 6.07) is 27.9. The maximum atomic E-state index is 12.3. The molecule has 1 heterocycles. The van der Waals surface area contributed by atoms with Gasteiger partial charge in [0.15, 0.2) is 0 Å². The zero-order chi connectivity index (χ0) is 27.6. The van der Waals surface area contributed by atoms with Crippen LogP contribution >= 0.6 is 0 Å². The average molecular weight is 523 g/mol. The maximum absolute atomic E-state index is 12.3. The quantitative estimate of drug-likeness (QED) is 0.244. The highest BCUT2D eigenvalue weighted by molar-refractivity contribution is 6.08. The van der Waals surface area contributed by atoms with Gasteiger partial charge >= 0.3 is 6.09 Å². The summed E-state index contributed by atoms with van der Waals surface area (Å²) >= 11 is 0. The molecule has 0 radical (unpaired) electrons. The van der Waals surface area contributed by atoms with Crippen LogP contribution in [-0.2, 0) is 16.1 Å². The molecule has 1 aromatic heterocycles. The summed E-state index contributed by atoms with van der Waals surface area (Å²) in [6.45, 7) is 4.87. The van der Waals surface area contributed by atoms with Gasteiger partial charge in [0.1, 0.15) is 12.1 Å². The van der Waals surface area contributed by atoms with Crippen molar-refractivity contribution in [2.24, 2.45) is 0 Å². The molecular formula is C31H30N4O4. The van der Waals surface area contributed by atoms with E-state index in [-0.39, 0.29) is 19.1 Å². The molecule has 0 unspecified atom stereocenters. The molecule has 2 amide bonds. The van der Waals surface area contributed by atoms with E-state index in [0.717, 1.165) is 27.7 Å². The topological polar surface area (TPSA) is 105 Å². The Hall–Kier alpha value is -4.69. The van der Waals surface area contributed by atoms with Gasteiger partial charge in [-0.1, -0.05) is 48.5 Å². The van der Waals surface area contributed by atoms with E-state index in [2.05, 4.69) is 58.2 Å². The lowest BCUT2D eigenvalue weighted by Gasteiger charge is -2.19. The van der Waals surface area contributed by atoms with Crippen LogP contribution in [0.25, 0.3) is 38.5 Å². The zero-order valence-corrected chi connectivity index (χ0v) is 22.1. The van der Waals surface area contributed by atoms with Crippen LogP contribution in [0.2, 0.25) is 0 Å². The number of nitrogens with one attached hydrogen (secondary N) is 2. The third kappa shape index (κ3) is 5.91. The summed E-state index contributed by atoms with van der Waals surface area (Å²) in [7, 11) is 0. The number of carbonyl (C=O) groups is 2. The van der Waals surface area contributed by atoms with Gasteiger partial charge in [-0.2, -0.15) is 5.10 Å². The Morgan fingerprint density at radius 3 is 2.31 bits per heavy atom. The second-order valence-corrected chi connectivity index (χ2v) is 10.3. The van der Waals surface area contributed by atoms with Gasteiger partial charge in [0, 0.05) is 11.3 Å². The number of aliphatic hydroxyl groups excluding tert-OH is 1. The number of rotatable bonds is 6. The molecule has 0 aliphatic carbocycles. The molecule has 0 bridgehead atoms.